The molecule has 1 aliphatic heterocycles. The number of anilines is 3. The maximum Gasteiger partial charge on any atom is 0.257 e. The molecule has 1 aliphatic rings. The van der Waals surface area contributed by atoms with Gasteiger partial charge in [0.15, 0.2) is 0 Å². The molecule has 6 rings (SSSR count). The zero-order valence-electron chi connectivity index (χ0n) is 26.6. The van der Waals surface area contributed by atoms with Crippen LogP contribution in [0.5, 0.6) is 0 Å². The maximum absolute atomic E-state index is 13.1. The third-order valence-corrected chi connectivity index (χ3v) is 8.39. The SMILES string of the molecule is O=C(Nc1ccc(C=Cc2ccc(NC(=O)[C@@H]3CCCN3C(=O)Cc3ccccc3)cc2)cc1)c1ccccc1NCc1ccccc1. The fourth-order valence-electron chi connectivity index (χ4n) is 5.81. The number of nitrogens with zero attached hydrogens (tertiary/aromatic N) is 1. The second-order valence-electron chi connectivity index (χ2n) is 11.8. The summed E-state index contributed by atoms with van der Waals surface area (Å²) in [5, 5.41) is 9.36. The van der Waals surface area contributed by atoms with E-state index in [4.69, 9.17) is 0 Å². The van der Waals surface area contributed by atoms with Gasteiger partial charge in [0.2, 0.25) is 11.8 Å². The molecule has 3 N–H and O–H groups in total. The van der Waals surface area contributed by atoms with E-state index in [1.165, 1.54) is 0 Å². The van der Waals surface area contributed by atoms with Crippen molar-refractivity contribution in [3.8, 4) is 0 Å². The molecule has 5 aromatic carbocycles. The minimum atomic E-state index is -0.459. The van der Waals surface area contributed by atoms with Gasteiger partial charge < -0.3 is 20.9 Å². The summed E-state index contributed by atoms with van der Waals surface area (Å²) in [6.07, 6.45) is 5.77. The third kappa shape index (κ3) is 8.44. The highest BCUT2D eigenvalue weighted by atomic mass is 16.2. The summed E-state index contributed by atoms with van der Waals surface area (Å²) in [6.45, 7) is 1.22. The van der Waals surface area contributed by atoms with Gasteiger partial charge in [-0.25, -0.2) is 0 Å². The number of benzene rings is 5. The highest BCUT2D eigenvalue weighted by Crippen LogP contribution is 2.22. The van der Waals surface area contributed by atoms with Crippen molar-refractivity contribution >= 4 is 46.9 Å². The van der Waals surface area contributed by atoms with Crippen LogP contribution in [0.1, 0.15) is 45.5 Å². The molecule has 1 saturated heterocycles. The monoisotopic (exact) mass is 634 g/mol. The van der Waals surface area contributed by atoms with Crippen LogP contribution in [0.4, 0.5) is 17.1 Å². The van der Waals surface area contributed by atoms with Crippen LogP contribution >= 0.6 is 0 Å². The molecule has 48 heavy (non-hydrogen) atoms. The molecule has 1 fully saturated rings. The number of rotatable bonds is 11. The summed E-state index contributed by atoms with van der Waals surface area (Å²) in [6, 6.07) is 42.0. The smallest absolute Gasteiger partial charge is 0.257 e. The number of para-hydroxylation sites is 1. The summed E-state index contributed by atoms with van der Waals surface area (Å²) in [5.74, 6) is -0.357. The van der Waals surface area contributed by atoms with Crippen LogP contribution in [0.15, 0.2) is 133 Å². The van der Waals surface area contributed by atoms with Crippen molar-refractivity contribution < 1.29 is 14.4 Å². The van der Waals surface area contributed by atoms with Crippen LogP contribution in [0.25, 0.3) is 12.2 Å². The van der Waals surface area contributed by atoms with Gasteiger partial charge in [-0.2, -0.15) is 0 Å². The molecule has 0 saturated carbocycles. The van der Waals surface area contributed by atoms with Gasteiger partial charge >= 0.3 is 0 Å². The summed E-state index contributed by atoms with van der Waals surface area (Å²) in [5.41, 5.74) is 6.80. The van der Waals surface area contributed by atoms with Gasteiger partial charge in [0.1, 0.15) is 6.04 Å². The molecule has 0 bridgehead atoms. The molecule has 5 aromatic rings. The van der Waals surface area contributed by atoms with E-state index in [0.29, 0.717) is 42.9 Å². The first kappa shape index (κ1) is 32.0. The lowest BCUT2D eigenvalue weighted by molar-refractivity contribution is -0.136. The Labute approximate surface area is 281 Å². The number of carbonyl (C=O) groups excluding carboxylic acids is 3. The fourth-order valence-corrected chi connectivity index (χ4v) is 5.81. The Bertz CT molecular complexity index is 1870. The molecular weight excluding hydrogens is 596 g/mol. The number of likely N-dealkylation sites (tertiary alicyclic amines) is 1. The van der Waals surface area contributed by atoms with E-state index in [1.54, 1.807) is 4.90 Å². The lowest BCUT2D eigenvalue weighted by Gasteiger charge is -2.24. The van der Waals surface area contributed by atoms with Crippen molar-refractivity contribution in [1.29, 1.82) is 0 Å². The van der Waals surface area contributed by atoms with E-state index >= 15 is 0 Å². The topological polar surface area (TPSA) is 90.5 Å². The molecule has 7 nitrogen and oxygen atoms in total. The van der Waals surface area contributed by atoms with Crippen LogP contribution in [0.2, 0.25) is 0 Å². The van der Waals surface area contributed by atoms with E-state index in [1.807, 2.05) is 146 Å². The van der Waals surface area contributed by atoms with E-state index in [0.717, 1.165) is 34.4 Å². The van der Waals surface area contributed by atoms with E-state index in [9.17, 15) is 14.4 Å². The van der Waals surface area contributed by atoms with E-state index in [-0.39, 0.29) is 17.7 Å². The Kier molecular flexibility index (Phi) is 10.4. The van der Waals surface area contributed by atoms with Crippen molar-refractivity contribution in [2.24, 2.45) is 0 Å². The average Bonchev–Trinajstić information content (AvgIpc) is 3.63. The molecule has 0 aliphatic carbocycles. The highest BCUT2D eigenvalue weighted by molar-refractivity contribution is 6.08. The number of carbonyl (C=O) groups is 3. The molecule has 240 valence electrons. The lowest BCUT2D eigenvalue weighted by Crippen LogP contribution is -2.43. The first-order chi connectivity index (χ1) is 23.5. The second-order valence-corrected chi connectivity index (χ2v) is 11.8. The van der Waals surface area contributed by atoms with Crippen molar-refractivity contribution in [3.63, 3.8) is 0 Å². The van der Waals surface area contributed by atoms with Crippen molar-refractivity contribution in [3.05, 3.63) is 161 Å². The van der Waals surface area contributed by atoms with Crippen molar-refractivity contribution in [1.82, 2.24) is 4.90 Å². The molecular formula is C41H38N4O3. The molecule has 0 radical (unpaired) electrons. The number of amides is 3. The third-order valence-electron chi connectivity index (χ3n) is 8.39. The van der Waals surface area contributed by atoms with Gasteiger partial charge in [-0.1, -0.05) is 109 Å². The Morgan fingerprint density at radius 1 is 0.646 bits per heavy atom. The number of nitrogens with one attached hydrogen (secondary N) is 3. The molecule has 1 atom stereocenters. The highest BCUT2D eigenvalue weighted by Gasteiger charge is 2.33. The Hall–Kier alpha value is -5.95. The van der Waals surface area contributed by atoms with Gasteiger partial charge in [-0.05, 0) is 71.5 Å². The molecule has 0 aromatic heterocycles. The summed E-state index contributed by atoms with van der Waals surface area (Å²) in [4.78, 5) is 40.9. The zero-order chi connectivity index (χ0) is 33.1. The van der Waals surface area contributed by atoms with Crippen LogP contribution in [0.3, 0.4) is 0 Å². The standard InChI is InChI=1S/C41H38N4O3/c46-39(28-32-10-3-1-4-11-32)45-27-9-16-38(45)41(48)44-35-25-21-31(22-26-35)18-17-30-19-23-34(24-20-30)43-40(47)36-14-7-8-15-37(36)42-29-33-12-5-2-6-13-33/h1-8,10-15,17-26,38,42H,9,16,27-29H2,(H,43,47)(H,44,48)/t38-/m0/s1. The molecule has 1 heterocycles. The second kappa shape index (κ2) is 15.6. The van der Waals surface area contributed by atoms with Crippen LogP contribution in [0, 0.1) is 0 Å². The minimum Gasteiger partial charge on any atom is -0.380 e. The quantitative estimate of drug-likeness (QED) is 0.129. The van der Waals surface area contributed by atoms with Crippen LogP contribution < -0.4 is 16.0 Å². The van der Waals surface area contributed by atoms with Crippen molar-refractivity contribution in [2.45, 2.75) is 31.8 Å². The minimum absolute atomic E-state index is 0.0214. The van der Waals surface area contributed by atoms with Crippen molar-refractivity contribution in [2.75, 3.05) is 22.5 Å². The maximum atomic E-state index is 13.1. The zero-order valence-corrected chi connectivity index (χ0v) is 26.6. The average molecular weight is 635 g/mol. The first-order valence-electron chi connectivity index (χ1n) is 16.2. The predicted octanol–water partition coefficient (Wildman–Crippen LogP) is 7.89. The van der Waals surface area contributed by atoms with Crippen LogP contribution in [-0.4, -0.2) is 35.2 Å². The lowest BCUT2D eigenvalue weighted by atomic mass is 10.1. The summed E-state index contributed by atoms with van der Waals surface area (Å²) in [7, 11) is 0. The van der Waals surface area contributed by atoms with Gasteiger partial charge in [0.05, 0.1) is 12.0 Å². The van der Waals surface area contributed by atoms with Gasteiger partial charge in [-0.3, -0.25) is 14.4 Å². The summed E-state index contributed by atoms with van der Waals surface area (Å²) < 4.78 is 0. The Morgan fingerprint density at radius 2 is 1.21 bits per heavy atom. The van der Waals surface area contributed by atoms with Gasteiger partial charge in [0.25, 0.3) is 5.91 Å². The first-order valence-corrected chi connectivity index (χ1v) is 16.2. The Balaban J connectivity index is 1.00. The van der Waals surface area contributed by atoms with Gasteiger partial charge in [0, 0.05) is 30.2 Å². The van der Waals surface area contributed by atoms with E-state index < -0.39 is 6.04 Å². The number of hydrogen-bond donors (Lipinski definition) is 3. The molecule has 7 heteroatoms. The fraction of sp³-hybridized carbons (Fsp3) is 0.146. The molecule has 3 amide bonds. The summed E-state index contributed by atoms with van der Waals surface area (Å²) >= 11 is 0. The molecule has 0 unspecified atom stereocenters. The Morgan fingerprint density at radius 3 is 1.85 bits per heavy atom. The van der Waals surface area contributed by atoms with E-state index in [2.05, 4.69) is 16.0 Å². The molecule has 0 spiro atoms. The normalized spacial score (nSPS) is 14.1. The predicted molar refractivity (Wildman–Crippen MR) is 193 cm³/mol. The van der Waals surface area contributed by atoms with Crippen LogP contribution in [-0.2, 0) is 22.6 Å². The van der Waals surface area contributed by atoms with Gasteiger partial charge in [-0.15, -0.1) is 0 Å². The number of hydrogen-bond acceptors (Lipinski definition) is 4. The largest absolute Gasteiger partial charge is 0.380 e.